The van der Waals surface area contributed by atoms with Crippen molar-refractivity contribution in [3.8, 4) is 11.5 Å². The zero-order valence-corrected chi connectivity index (χ0v) is 16.0. The normalized spacial score (nSPS) is 14.6. The lowest BCUT2D eigenvalue weighted by Crippen LogP contribution is -2.50. The quantitative estimate of drug-likeness (QED) is 0.764. The first-order valence-electron chi connectivity index (χ1n) is 8.65. The van der Waals surface area contributed by atoms with E-state index in [-0.39, 0.29) is 5.75 Å². The Morgan fingerprint density at radius 2 is 1.75 bits per heavy atom. The van der Waals surface area contributed by atoms with Crippen LogP contribution in [-0.2, 0) is 0 Å². The molecular weight excluding hydrogens is 391 g/mol. The molecule has 0 atom stereocenters. The predicted molar refractivity (Wildman–Crippen MR) is 106 cm³/mol. The topological polar surface area (TPSA) is 37.0 Å². The molecule has 0 radical (unpaired) electrons. The smallest absolute Gasteiger partial charge is 0.495 e. The fraction of sp³-hybridized carbons (Fsp3) is 0.316. The largest absolute Gasteiger partial charge is 0.573 e. The lowest BCUT2D eigenvalue weighted by molar-refractivity contribution is -0.274. The van der Waals surface area contributed by atoms with Crippen molar-refractivity contribution >= 4 is 28.7 Å². The first-order chi connectivity index (χ1) is 13.4. The number of piperazine rings is 1. The van der Waals surface area contributed by atoms with Crippen LogP contribution in [0.2, 0.25) is 0 Å². The number of halogens is 3. The number of nitrogens with zero attached hydrogens (tertiary/aromatic N) is 2. The lowest BCUT2D eigenvalue weighted by Gasteiger charge is -2.37. The highest BCUT2D eigenvalue weighted by molar-refractivity contribution is 7.80. The number of ether oxygens (including phenoxy) is 2. The monoisotopic (exact) mass is 411 g/mol. The van der Waals surface area contributed by atoms with Crippen LogP contribution in [0, 0.1) is 0 Å². The van der Waals surface area contributed by atoms with Gasteiger partial charge in [0.15, 0.2) is 5.11 Å². The third-order valence-corrected chi connectivity index (χ3v) is 4.67. The highest BCUT2D eigenvalue weighted by Gasteiger charge is 2.31. The van der Waals surface area contributed by atoms with Crippen molar-refractivity contribution in [3.05, 3.63) is 48.5 Å². The van der Waals surface area contributed by atoms with Crippen LogP contribution < -0.4 is 19.7 Å². The van der Waals surface area contributed by atoms with E-state index >= 15 is 0 Å². The highest BCUT2D eigenvalue weighted by atomic mass is 32.1. The molecular formula is C19H20F3N3O2S. The molecule has 0 unspecified atom stereocenters. The van der Waals surface area contributed by atoms with Gasteiger partial charge in [-0.15, -0.1) is 13.2 Å². The van der Waals surface area contributed by atoms with Gasteiger partial charge in [-0.25, -0.2) is 0 Å². The van der Waals surface area contributed by atoms with E-state index < -0.39 is 6.36 Å². The van der Waals surface area contributed by atoms with Crippen molar-refractivity contribution in [3.63, 3.8) is 0 Å². The number of anilines is 2. The van der Waals surface area contributed by atoms with Crippen LogP contribution in [0.15, 0.2) is 48.5 Å². The molecule has 1 N–H and O–H groups in total. The van der Waals surface area contributed by atoms with Crippen molar-refractivity contribution in [1.82, 2.24) is 4.90 Å². The lowest BCUT2D eigenvalue weighted by atomic mass is 10.2. The van der Waals surface area contributed by atoms with Crippen LogP contribution in [0.5, 0.6) is 11.5 Å². The number of hydrogen-bond acceptors (Lipinski definition) is 4. The maximum Gasteiger partial charge on any atom is 0.573 e. The molecule has 2 aromatic carbocycles. The zero-order valence-electron chi connectivity index (χ0n) is 15.2. The van der Waals surface area contributed by atoms with E-state index in [1.165, 1.54) is 18.2 Å². The average molecular weight is 411 g/mol. The number of thiocarbonyl (C=S) groups is 1. The number of nitrogens with one attached hydrogen (secondary N) is 1. The fourth-order valence-electron chi connectivity index (χ4n) is 3.01. The molecule has 1 fully saturated rings. The summed E-state index contributed by atoms with van der Waals surface area (Å²) in [7, 11) is 1.64. The van der Waals surface area contributed by atoms with Crippen molar-refractivity contribution < 1.29 is 22.6 Å². The summed E-state index contributed by atoms with van der Waals surface area (Å²) in [4.78, 5) is 4.20. The zero-order chi connectivity index (χ0) is 20.1. The van der Waals surface area contributed by atoms with Gasteiger partial charge in [-0.2, -0.15) is 0 Å². The van der Waals surface area contributed by atoms with Crippen LogP contribution in [0.3, 0.4) is 0 Å². The van der Waals surface area contributed by atoms with Crippen LogP contribution in [0.4, 0.5) is 24.5 Å². The average Bonchev–Trinajstić information content (AvgIpc) is 2.67. The summed E-state index contributed by atoms with van der Waals surface area (Å²) in [6.45, 7) is 2.87. The Bertz CT molecular complexity index is 824. The molecule has 0 bridgehead atoms. The number of benzene rings is 2. The Kier molecular flexibility index (Phi) is 6.13. The first kappa shape index (κ1) is 20.1. The molecule has 1 heterocycles. The summed E-state index contributed by atoms with van der Waals surface area (Å²) in [6.07, 6.45) is -4.73. The SMILES string of the molecule is COc1ccccc1N1CCN(C(=S)Nc2cccc(OC(F)(F)F)c2)CC1. The van der Waals surface area contributed by atoms with Gasteiger partial charge < -0.3 is 24.6 Å². The summed E-state index contributed by atoms with van der Waals surface area (Å²) in [5.74, 6) is 0.527. The van der Waals surface area contributed by atoms with Gasteiger partial charge in [-0.3, -0.25) is 0 Å². The van der Waals surface area contributed by atoms with E-state index in [0.717, 1.165) is 24.5 Å². The van der Waals surface area contributed by atoms with Gasteiger partial charge in [0, 0.05) is 37.9 Å². The third-order valence-electron chi connectivity index (χ3n) is 4.31. The molecule has 0 amide bonds. The Balaban J connectivity index is 1.58. The second kappa shape index (κ2) is 8.55. The molecule has 0 aromatic heterocycles. The molecule has 3 rings (SSSR count). The predicted octanol–water partition coefficient (Wildman–Crippen LogP) is 4.11. The van der Waals surface area contributed by atoms with E-state index in [0.29, 0.717) is 23.9 Å². The van der Waals surface area contributed by atoms with E-state index in [1.807, 2.05) is 29.2 Å². The van der Waals surface area contributed by atoms with E-state index in [4.69, 9.17) is 17.0 Å². The van der Waals surface area contributed by atoms with Crippen molar-refractivity contribution in [2.75, 3.05) is 43.5 Å². The number of methoxy groups -OCH3 is 1. The minimum atomic E-state index is -4.73. The summed E-state index contributed by atoms with van der Waals surface area (Å²) < 4.78 is 46.5. The molecule has 5 nitrogen and oxygen atoms in total. The molecule has 9 heteroatoms. The van der Waals surface area contributed by atoms with Gasteiger partial charge in [-0.05, 0) is 36.5 Å². The number of para-hydroxylation sites is 2. The van der Waals surface area contributed by atoms with Gasteiger partial charge >= 0.3 is 6.36 Å². The van der Waals surface area contributed by atoms with E-state index in [2.05, 4.69) is 15.0 Å². The summed E-state index contributed by atoms with van der Waals surface area (Å²) in [5, 5.41) is 3.44. The first-order valence-corrected chi connectivity index (χ1v) is 9.06. The highest BCUT2D eigenvalue weighted by Crippen LogP contribution is 2.29. The summed E-state index contributed by atoms with van der Waals surface area (Å²) >= 11 is 5.42. The van der Waals surface area contributed by atoms with Gasteiger partial charge in [0.05, 0.1) is 12.8 Å². The van der Waals surface area contributed by atoms with Crippen LogP contribution in [0.25, 0.3) is 0 Å². The minimum absolute atomic E-state index is 0.290. The molecule has 0 aliphatic carbocycles. The Hall–Kier alpha value is -2.68. The van der Waals surface area contributed by atoms with Crippen LogP contribution >= 0.6 is 12.2 Å². The second-order valence-corrected chi connectivity index (χ2v) is 6.54. The maximum atomic E-state index is 12.4. The van der Waals surface area contributed by atoms with Gasteiger partial charge in [-0.1, -0.05) is 18.2 Å². The third kappa shape index (κ3) is 5.19. The number of rotatable bonds is 4. The standard InChI is InChI=1S/C19H20F3N3O2S/c1-26-17-8-3-2-7-16(17)24-9-11-25(12-10-24)18(28)23-14-5-4-6-15(13-14)27-19(20,21)22/h2-8,13H,9-12H2,1H3,(H,23,28). The van der Waals surface area contributed by atoms with Crippen molar-refractivity contribution in [2.24, 2.45) is 0 Å². The molecule has 150 valence electrons. The maximum absolute atomic E-state index is 12.4. The Morgan fingerprint density at radius 3 is 2.43 bits per heavy atom. The molecule has 1 saturated heterocycles. The number of alkyl halides is 3. The van der Waals surface area contributed by atoms with E-state index in [9.17, 15) is 13.2 Å². The molecule has 28 heavy (non-hydrogen) atoms. The van der Waals surface area contributed by atoms with Gasteiger partial charge in [0.2, 0.25) is 0 Å². The van der Waals surface area contributed by atoms with Crippen LogP contribution in [-0.4, -0.2) is 49.7 Å². The molecule has 1 aliphatic heterocycles. The minimum Gasteiger partial charge on any atom is -0.495 e. The van der Waals surface area contributed by atoms with Crippen molar-refractivity contribution in [1.29, 1.82) is 0 Å². The summed E-state index contributed by atoms with van der Waals surface area (Å²) in [6, 6.07) is 13.5. The van der Waals surface area contributed by atoms with E-state index in [1.54, 1.807) is 13.2 Å². The second-order valence-electron chi connectivity index (χ2n) is 6.15. The Morgan fingerprint density at radius 1 is 1.04 bits per heavy atom. The fourth-order valence-corrected chi connectivity index (χ4v) is 3.32. The molecule has 0 spiro atoms. The van der Waals surface area contributed by atoms with Gasteiger partial charge in [0.25, 0.3) is 0 Å². The molecule has 1 aliphatic rings. The summed E-state index contributed by atoms with van der Waals surface area (Å²) in [5.41, 5.74) is 1.47. The molecule has 2 aromatic rings. The van der Waals surface area contributed by atoms with Crippen LogP contribution in [0.1, 0.15) is 0 Å². The number of hydrogen-bond donors (Lipinski definition) is 1. The molecule has 0 saturated carbocycles. The Labute approximate surface area is 166 Å². The van der Waals surface area contributed by atoms with Crippen molar-refractivity contribution in [2.45, 2.75) is 6.36 Å². The van der Waals surface area contributed by atoms with Gasteiger partial charge in [0.1, 0.15) is 11.5 Å².